The van der Waals surface area contributed by atoms with E-state index in [4.69, 9.17) is 54.8 Å². The number of hydrogen-bond acceptors (Lipinski definition) is 13. The average molecular weight is 1680 g/mol. The van der Waals surface area contributed by atoms with Gasteiger partial charge in [0, 0.05) is 125 Å². The van der Waals surface area contributed by atoms with E-state index in [1.807, 2.05) is 218 Å². The molecule has 0 radical (unpaired) electrons. The van der Waals surface area contributed by atoms with Crippen molar-refractivity contribution in [1.82, 2.24) is 59.8 Å². The number of rotatable bonds is 14. The second kappa shape index (κ2) is 34.2. The van der Waals surface area contributed by atoms with Crippen LogP contribution in [0.25, 0.3) is 212 Å². The molecule has 0 atom stereocenters. The minimum Gasteiger partial charge on any atom is -0.256 e. The van der Waals surface area contributed by atoms with E-state index in [2.05, 4.69) is 223 Å². The van der Waals surface area contributed by atoms with E-state index in [0.717, 1.165) is 120 Å². The smallest absolute Gasteiger partial charge is 0.164 e. The summed E-state index contributed by atoms with van der Waals surface area (Å²) in [6, 6.07) is 141. The number of pyridine rings is 3. The maximum atomic E-state index is 4.94. The van der Waals surface area contributed by atoms with Crippen LogP contribution in [0, 0.1) is 0 Å². The highest BCUT2D eigenvalue weighted by Crippen LogP contribution is 2.47. The second-order valence-corrected chi connectivity index (χ2v) is 33.6. The van der Waals surface area contributed by atoms with Crippen molar-refractivity contribution in [2.75, 3.05) is 0 Å². The Bertz CT molecular complexity index is 7880. The Morgan fingerprint density at radius 2 is 0.454 bits per heavy atom. The second-order valence-electron chi connectivity index (χ2n) is 32.5. The molecule has 0 aliphatic heterocycles. The molecule has 0 bridgehead atoms. The highest BCUT2D eigenvalue weighted by molar-refractivity contribution is 7.25. The van der Waals surface area contributed by atoms with E-state index in [1.54, 1.807) is 0 Å². The molecule has 7 aromatic heterocycles. The summed E-state index contributed by atoms with van der Waals surface area (Å²) in [4.78, 5) is 58.4. The predicted octanol–water partition coefficient (Wildman–Crippen LogP) is 28.2. The first-order valence-electron chi connectivity index (χ1n) is 43.6. The zero-order valence-corrected chi connectivity index (χ0v) is 71.1. The van der Waals surface area contributed by atoms with Crippen molar-refractivity contribution in [3.8, 4) is 192 Å². The maximum Gasteiger partial charge on any atom is 0.164 e. The van der Waals surface area contributed by atoms with Crippen LogP contribution in [-0.2, 0) is 19.3 Å². The van der Waals surface area contributed by atoms with Crippen LogP contribution in [0.5, 0.6) is 0 Å². The highest BCUT2D eigenvalue weighted by Gasteiger charge is 2.28. The van der Waals surface area contributed by atoms with E-state index < -0.39 is 0 Å². The lowest BCUT2D eigenvalue weighted by Crippen LogP contribution is -2.00. The van der Waals surface area contributed by atoms with Gasteiger partial charge in [0.1, 0.15) is 0 Å². The van der Waals surface area contributed by atoms with Crippen molar-refractivity contribution in [3.05, 3.63) is 458 Å². The van der Waals surface area contributed by atoms with Crippen LogP contribution in [0.15, 0.2) is 425 Å². The number of hydrogen-bond donors (Lipinski definition) is 0. The van der Waals surface area contributed by atoms with Crippen molar-refractivity contribution in [3.63, 3.8) is 0 Å². The molecule has 0 unspecified atom stereocenters. The van der Waals surface area contributed by atoms with Crippen molar-refractivity contribution in [1.29, 1.82) is 0 Å². The van der Waals surface area contributed by atoms with Gasteiger partial charge in [-0.3, -0.25) is 15.0 Å². The molecule has 0 N–H and O–H groups in total. The molecular formula is C117H76N12S. The van der Waals surface area contributed by atoms with Crippen LogP contribution in [0.2, 0.25) is 0 Å². The SMILES string of the molecule is c1ccc(-c2nc(-c3ccccc3)nc(-c3ccc4c(c3)sc3cc(-c5cccc6c5Cc5cccnc5-6)ccc34)n2)cc1.c1ccc(-c2nc(-c3ccccc3)nc(-c3cccc(-c4ccc(-c5nccc6c5Cc5ccccc5-6)cc4)c3)n2)cc1.c1ccc(-c2nc(-c3ccccc3)nc(-c3cccc(-c4cccc(-c5nccc6c5Cc5ccccc5-6)c4)c3)n2)cc1. The summed E-state index contributed by atoms with van der Waals surface area (Å²) in [6.45, 7) is 0. The van der Waals surface area contributed by atoms with Crippen LogP contribution in [0.1, 0.15) is 33.4 Å². The Balaban J connectivity index is 0.000000111. The lowest BCUT2D eigenvalue weighted by Gasteiger charge is -2.11. The molecule has 3 aliphatic rings. The molecule has 13 heteroatoms. The van der Waals surface area contributed by atoms with Crippen LogP contribution in [-0.4, -0.2) is 59.8 Å². The van der Waals surface area contributed by atoms with Crippen LogP contribution in [0.3, 0.4) is 0 Å². The fourth-order valence-corrected chi connectivity index (χ4v) is 19.3. The standard InChI is InChI=1S/C39H24N4S.2C39H26N4/c1-3-9-24(10-4-1)37-41-38(25-11-5-2-6-12-25)43-39(42-37)28-17-19-31-30-18-16-26(22-34(30)44-35(31)23-28)29-14-7-15-32-33(29)21-27-13-8-20-40-36(27)32;1-3-11-26(12-4-1)37-41-38(27-13-5-2-6-14-27)43-39(42-37)32-19-10-17-29(24-32)28-16-9-18-31(23-28)36-35-25-30-15-7-8-20-33(30)34(35)21-22-40-36;1-3-10-28(11-4-1)37-41-38(29-12-5-2-6-13-29)43-39(42-37)32-16-9-15-30(24-32)26-18-20-27(21-19-26)36-35-25-31-14-7-8-17-33(31)34(35)22-23-40-36/h1-20,22-23H,21H2;2*1-24H,25H2. The van der Waals surface area contributed by atoms with Gasteiger partial charge in [0.2, 0.25) is 0 Å². The Morgan fingerprint density at radius 1 is 0.162 bits per heavy atom. The summed E-state index contributed by atoms with van der Waals surface area (Å²) >= 11 is 1.82. The number of aromatic nitrogens is 12. The first-order valence-corrected chi connectivity index (χ1v) is 44.4. The van der Waals surface area contributed by atoms with Gasteiger partial charge in [-0.15, -0.1) is 11.3 Å². The number of fused-ring (bicyclic) bond motifs is 12. The third kappa shape index (κ3) is 15.3. The van der Waals surface area contributed by atoms with E-state index >= 15 is 0 Å². The predicted molar refractivity (Wildman–Crippen MR) is 527 cm³/mol. The summed E-state index contributed by atoms with van der Waals surface area (Å²) in [6.07, 6.45) is 8.49. The molecular weight excluding hydrogens is 1610 g/mol. The molecule has 0 saturated carbocycles. The Labute approximate surface area is 755 Å². The summed E-state index contributed by atoms with van der Waals surface area (Å²) in [5.74, 6) is 5.93. The van der Waals surface area contributed by atoms with Gasteiger partial charge in [-0.2, -0.15) is 0 Å². The summed E-state index contributed by atoms with van der Waals surface area (Å²) in [7, 11) is 0. The van der Waals surface area contributed by atoms with Crippen LogP contribution < -0.4 is 0 Å². The van der Waals surface area contributed by atoms with Gasteiger partial charge < -0.3 is 0 Å². The Hall–Kier alpha value is -17.0. The molecule has 25 rings (SSSR count). The molecule has 610 valence electrons. The zero-order valence-electron chi connectivity index (χ0n) is 70.3. The van der Waals surface area contributed by atoms with Gasteiger partial charge in [0.15, 0.2) is 52.4 Å². The minimum absolute atomic E-state index is 0.644. The molecule has 12 nitrogen and oxygen atoms in total. The van der Waals surface area contributed by atoms with Crippen molar-refractivity contribution >= 4 is 31.5 Å². The van der Waals surface area contributed by atoms with Gasteiger partial charge >= 0.3 is 0 Å². The fraction of sp³-hybridized carbons (Fsp3) is 0.0256. The van der Waals surface area contributed by atoms with E-state index in [0.29, 0.717) is 52.4 Å². The highest BCUT2D eigenvalue weighted by atomic mass is 32.1. The summed E-state index contributed by atoms with van der Waals surface area (Å²) in [5.41, 5.74) is 35.5. The van der Waals surface area contributed by atoms with Crippen molar-refractivity contribution in [2.45, 2.75) is 19.3 Å². The minimum atomic E-state index is 0.644. The monoisotopic (exact) mass is 1680 g/mol. The molecule has 3 aliphatic carbocycles. The van der Waals surface area contributed by atoms with Crippen molar-refractivity contribution in [2.24, 2.45) is 0 Å². The molecule has 0 saturated heterocycles. The lowest BCUT2D eigenvalue weighted by atomic mass is 9.95. The largest absolute Gasteiger partial charge is 0.256 e. The molecule has 0 spiro atoms. The molecule has 22 aromatic rings. The molecule has 15 aromatic carbocycles. The topological polar surface area (TPSA) is 155 Å². The Kier molecular flexibility index (Phi) is 20.4. The first-order chi connectivity index (χ1) is 64.4. The van der Waals surface area contributed by atoms with E-state index in [9.17, 15) is 0 Å². The van der Waals surface area contributed by atoms with E-state index in [-0.39, 0.29) is 0 Å². The van der Waals surface area contributed by atoms with Crippen LogP contribution in [0.4, 0.5) is 0 Å². The average Bonchev–Trinajstić information content (AvgIpc) is 0.969. The third-order valence-electron chi connectivity index (χ3n) is 24.5. The van der Waals surface area contributed by atoms with Crippen LogP contribution >= 0.6 is 11.3 Å². The molecule has 7 heterocycles. The fourth-order valence-electron chi connectivity index (χ4n) is 18.1. The summed E-state index contributed by atoms with van der Waals surface area (Å²) in [5, 5.41) is 2.51. The maximum absolute atomic E-state index is 4.94. The first kappa shape index (κ1) is 77.8. The number of thiophene rings is 1. The Morgan fingerprint density at radius 3 is 0.900 bits per heavy atom. The molecule has 0 amide bonds. The molecule has 130 heavy (non-hydrogen) atoms. The molecule has 0 fully saturated rings. The normalized spacial score (nSPS) is 11.8. The zero-order chi connectivity index (χ0) is 86.2. The van der Waals surface area contributed by atoms with Gasteiger partial charge in [0.25, 0.3) is 0 Å². The van der Waals surface area contributed by atoms with Gasteiger partial charge in [-0.05, 0) is 138 Å². The summed E-state index contributed by atoms with van der Waals surface area (Å²) < 4.78 is 2.49. The van der Waals surface area contributed by atoms with Gasteiger partial charge in [-0.1, -0.05) is 358 Å². The number of benzene rings is 15. The quantitative estimate of drug-likeness (QED) is 0.102. The van der Waals surface area contributed by atoms with E-state index in [1.165, 1.54) is 92.5 Å². The number of nitrogens with zero attached hydrogens (tertiary/aromatic N) is 12. The van der Waals surface area contributed by atoms with Crippen molar-refractivity contribution < 1.29 is 0 Å². The third-order valence-corrected chi connectivity index (χ3v) is 25.6. The lowest BCUT2D eigenvalue weighted by molar-refractivity contribution is 1.07. The van der Waals surface area contributed by atoms with Gasteiger partial charge in [-0.25, -0.2) is 44.9 Å². The van der Waals surface area contributed by atoms with Gasteiger partial charge in [0.05, 0.1) is 17.1 Å².